The van der Waals surface area contributed by atoms with E-state index in [9.17, 15) is 8.78 Å². The molecule has 1 aliphatic rings. The first-order chi connectivity index (χ1) is 11.6. The molecule has 0 bridgehead atoms. The lowest BCUT2D eigenvalue weighted by Crippen LogP contribution is -2.36. The van der Waals surface area contributed by atoms with Crippen molar-refractivity contribution in [3.05, 3.63) is 35.6 Å². The number of benzene rings is 1. The zero-order chi connectivity index (χ0) is 16.9. The first-order valence-corrected chi connectivity index (χ1v) is 7.66. The number of rotatable bonds is 5. The van der Waals surface area contributed by atoms with Crippen LogP contribution in [0.1, 0.15) is 0 Å². The molecule has 2 aromatic rings. The number of halogens is 3. The van der Waals surface area contributed by atoms with Gasteiger partial charge in [-0.05, 0) is 12.1 Å². The first-order valence-electron chi connectivity index (χ1n) is 7.28. The Hall–Kier alpha value is -2.19. The van der Waals surface area contributed by atoms with E-state index in [1.54, 1.807) is 12.1 Å². The molecule has 9 heteroatoms. The predicted molar refractivity (Wildman–Crippen MR) is 86.4 cm³/mol. The predicted octanol–water partition coefficient (Wildman–Crippen LogP) is 3.31. The Bertz CT molecular complexity index is 682. The van der Waals surface area contributed by atoms with Gasteiger partial charge in [0.05, 0.1) is 36.3 Å². The number of aromatic nitrogens is 2. The van der Waals surface area contributed by atoms with Gasteiger partial charge in [0.2, 0.25) is 5.95 Å². The van der Waals surface area contributed by atoms with Crippen LogP contribution < -0.4 is 15.0 Å². The van der Waals surface area contributed by atoms with E-state index in [-0.39, 0.29) is 11.7 Å². The van der Waals surface area contributed by atoms with E-state index >= 15 is 0 Å². The molecular weight excluding hydrogens is 342 g/mol. The van der Waals surface area contributed by atoms with Crippen molar-refractivity contribution >= 4 is 28.9 Å². The fourth-order valence-electron chi connectivity index (χ4n) is 2.32. The molecule has 24 heavy (non-hydrogen) atoms. The highest BCUT2D eigenvalue weighted by Crippen LogP contribution is 2.33. The van der Waals surface area contributed by atoms with Gasteiger partial charge in [-0.1, -0.05) is 11.6 Å². The van der Waals surface area contributed by atoms with E-state index in [1.807, 2.05) is 11.0 Å². The van der Waals surface area contributed by atoms with Crippen LogP contribution in [0, 0.1) is 0 Å². The van der Waals surface area contributed by atoms with Gasteiger partial charge in [-0.3, -0.25) is 0 Å². The molecule has 1 aromatic heterocycles. The van der Waals surface area contributed by atoms with Crippen molar-refractivity contribution in [2.75, 3.05) is 36.5 Å². The smallest absolute Gasteiger partial charge is 0.387 e. The second kappa shape index (κ2) is 7.59. The summed E-state index contributed by atoms with van der Waals surface area (Å²) in [6.07, 6.45) is 2.82. The standard InChI is InChI=1S/C15H15ClF2N4O2/c16-10-8-19-15(20-9-10)21-12-2-1-11(7-13(12)24-14(17)18)22-3-5-23-6-4-22/h1-2,7-9,14H,3-6H2,(H,19,20,21). The maximum atomic E-state index is 12.7. The average Bonchev–Trinajstić information content (AvgIpc) is 2.59. The summed E-state index contributed by atoms with van der Waals surface area (Å²) in [4.78, 5) is 10.0. The lowest BCUT2D eigenvalue weighted by atomic mass is 10.2. The molecule has 2 heterocycles. The summed E-state index contributed by atoms with van der Waals surface area (Å²) < 4.78 is 35.4. The van der Waals surface area contributed by atoms with Crippen molar-refractivity contribution in [1.82, 2.24) is 9.97 Å². The quantitative estimate of drug-likeness (QED) is 0.887. The van der Waals surface area contributed by atoms with Gasteiger partial charge in [-0.15, -0.1) is 0 Å². The number of nitrogens with one attached hydrogen (secondary N) is 1. The van der Waals surface area contributed by atoms with Crippen molar-refractivity contribution in [2.45, 2.75) is 6.61 Å². The van der Waals surface area contributed by atoms with Gasteiger partial charge >= 0.3 is 6.61 Å². The van der Waals surface area contributed by atoms with E-state index in [1.165, 1.54) is 12.4 Å². The number of hydrogen-bond acceptors (Lipinski definition) is 6. The van der Waals surface area contributed by atoms with Gasteiger partial charge in [-0.25, -0.2) is 9.97 Å². The van der Waals surface area contributed by atoms with Gasteiger partial charge in [0, 0.05) is 24.8 Å². The highest BCUT2D eigenvalue weighted by Gasteiger charge is 2.16. The van der Waals surface area contributed by atoms with E-state index in [4.69, 9.17) is 16.3 Å². The molecule has 128 valence electrons. The average molecular weight is 357 g/mol. The van der Waals surface area contributed by atoms with Gasteiger partial charge in [0.25, 0.3) is 0 Å². The Balaban J connectivity index is 1.85. The molecule has 0 spiro atoms. The molecule has 0 radical (unpaired) electrons. The number of hydrogen-bond donors (Lipinski definition) is 1. The molecule has 0 atom stereocenters. The molecule has 1 N–H and O–H groups in total. The molecule has 1 aliphatic heterocycles. The largest absolute Gasteiger partial charge is 0.433 e. The fraction of sp³-hybridized carbons (Fsp3) is 0.333. The lowest BCUT2D eigenvalue weighted by molar-refractivity contribution is -0.0493. The van der Waals surface area contributed by atoms with Crippen LogP contribution in [0.3, 0.4) is 0 Å². The minimum Gasteiger partial charge on any atom is -0.433 e. The van der Waals surface area contributed by atoms with E-state index < -0.39 is 6.61 Å². The maximum absolute atomic E-state index is 12.7. The molecule has 1 fully saturated rings. The van der Waals surface area contributed by atoms with E-state index in [0.717, 1.165) is 5.69 Å². The highest BCUT2D eigenvalue weighted by atomic mass is 35.5. The van der Waals surface area contributed by atoms with Crippen molar-refractivity contribution in [3.63, 3.8) is 0 Å². The second-order valence-corrected chi connectivity index (χ2v) is 5.44. The summed E-state index contributed by atoms with van der Waals surface area (Å²) in [5.41, 5.74) is 1.13. The number of anilines is 3. The molecule has 0 aliphatic carbocycles. The molecule has 0 unspecified atom stereocenters. The Morgan fingerprint density at radius 1 is 1.21 bits per heavy atom. The van der Waals surface area contributed by atoms with Crippen molar-refractivity contribution < 1.29 is 18.3 Å². The van der Waals surface area contributed by atoms with Crippen LogP contribution in [0.4, 0.5) is 26.1 Å². The third-order valence-corrected chi connectivity index (χ3v) is 3.62. The third-order valence-electron chi connectivity index (χ3n) is 3.42. The van der Waals surface area contributed by atoms with Gasteiger partial charge in [-0.2, -0.15) is 8.78 Å². The number of alkyl halides is 2. The zero-order valence-electron chi connectivity index (χ0n) is 12.6. The zero-order valence-corrected chi connectivity index (χ0v) is 13.3. The SMILES string of the molecule is FC(F)Oc1cc(N2CCOCC2)ccc1Nc1ncc(Cl)cn1. The number of morpholine rings is 1. The van der Waals surface area contributed by atoms with Crippen LogP contribution in [0.15, 0.2) is 30.6 Å². The van der Waals surface area contributed by atoms with Gasteiger partial charge in [0.15, 0.2) is 5.75 Å². The molecule has 0 amide bonds. The molecule has 0 saturated carbocycles. The Morgan fingerprint density at radius 2 is 1.92 bits per heavy atom. The van der Waals surface area contributed by atoms with E-state index in [0.29, 0.717) is 37.0 Å². The summed E-state index contributed by atoms with van der Waals surface area (Å²) >= 11 is 5.73. The fourth-order valence-corrected chi connectivity index (χ4v) is 2.42. The Kier molecular flexibility index (Phi) is 5.27. The van der Waals surface area contributed by atoms with Crippen molar-refractivity contribution in [3.8, 4) is 5.75 Å². The lowest BCUT2D eigenvalue weighted by Gasteiger charge is -2.29. The van der Waals surface area contributed by atoms with Crippen LogP contribution in [-0.4, -0.2) is 42.9 Å². The molecule has 6 nitrogen and oxygen atoms in total. The minimum atomic E-state index is -2.93. The summed E-state index contributed by atoms with van der Waals surface area (Å²) in [5.74, 6) is 0.255. The second-order valence-electron chi connectivity index (χ2n) is 5.01. The number of ether oxygens (including phenoxy) is 2. The monoisotopic (exact) mass is 356 g/mol. The number of nitrogens with zero attached hydrogens (tertiary/aromatic N) is 3. The van der Waals surface area contributed by atoms with Crippen LogP contribution in [-0.2, 0) is 4.74 Å². The summed E-state index contributed by atoms with van der Waals surface area (Å²) in [6, 6.07) is 5.04. The Labute approximate surface area is 142 Å². The molecule has 1 aromatic carbocycles. The summed E-state index contributed by atoms with van der Waals surface area (Å²) in [5, 5.41) is 3.23. The van der Waals surface area contributed by atoms with Crippen LogP contribution in [0.2, 0.25) is 5.02 Å². The molecular formula is C15H15ClF2N4O2. The van der Waals surface area contributed by atoms with Gasteiger partial charge in [0.1, 0.15) is 0 Å². The van der Waals surface area contributed by atoms with Crippen LogP contribution >= 0.6 is 11.6 Å². The topological polar surface area (TPSA) is 59.5 Å². The first kappa shape index (κ1) is 16.7. The van der Waals surface area contributed by atoms with Crippen LogP contribution in [0.5, 0.6) is 5.75 Å². The summed E-state index contributed by atoms with van der Waals surface area (Å²) in [6.45, 7) is -0.341. The van der Waals surface area contributed by atoms with Crippen molar-refractivity contribution in [1.29, 1.82) is 0 Å². The molecule has 1 saturated heterocycles. The Morgan fingerprint density at radius 3 is 2.58 bits per heavy atom. The van der Waals surface area contributed by atoms with E-state index in [2.05, 4.69) is 20.0 Å². The minimum absolute atomic E-state index is 0.0209. The highest BCUT2D eigenvalue weighted by molar-refractivity contribution is 6.30. The maximum Gasteiger partial charge on any atom is 0.387 e. The third kappa shape index (κ3) is 4.21. The van der Waals surface area contributed by atoms with Gasteiger partial charge < -0.3 is 19.7 Å². The van der Waals surface area contributed by atoms with Crippen molar-refractivity contribution in [2.24, 2.45) is 0 Å². The summed E-state index contributed by atoms with van der Waals surface area (Å²) in [7, 11) is 0. The molecule has 3 rings (SSSR count). The normalized spacial score (nSPS) is 14.8. The van der Waals surface area contributed by atoms with Crippen LogP contribution in [0.25, 0.3) is 0 Å².